The van der Waals surface area contributed by atoms with Crippen LogP contribution in [0.15, 0.2) is 65.6 Å². The van der Waals surface area contributed by atoms with Gasteiger partial charge in [-0.1, -0.05) is 53.6 Å². The van der Waals surface area contributed by atoms with Gasteiger partial charge in [0.1, 0.15) is 6.61 Å². The van der Waals surface area contributed by atoms with E-state index in [1.54, 1.807) is 25.3 Å². The molecule has 0 atom stereocenters. The number of aryl methyl sites for hydroxylation is 1. The molecule has 0 aliphatic carbocycles. The quantitative estimate of drug-likeness (QED) is 0.429. The molecule has 0 spiro atoms. The van der Waals surface area contributed by atoms with Crippen molar-refractivity contribution in [3.05, 3.63) is 87.9 Å². The van der Waals surface area contributed by atoms with Crippen molar-refractivity contribution >= 4 is 21.6 Å². The largest absolute Gasteiger partial charge is 0.493 e. The van der Waals surface area contributed by atoms with Gasteiger partial charge in [0, 0.05) is 17.6 Å². The Hall–Kier alpha value is -2.58. The molecule has 3 N–H and O–H groups in total. The van der Waals surface area contributed by atoms with Crippen LogP contribution in [-0.2, 0) is 29.6 Å². The van der Waals surface area contributed by atoms with Gasteiger partial charge in [0.25, 0.3) is 0 Å². The van der Waals surface area contributed by atoms with Crippen LogP contribution < -0.4 is 19.9 Å². The second-order valence-electron chi connectivity index (χ2n) is 7.48. The maximum absolute atomic E-state index is 11.3. The average molecular weight is 475 g/mol. The Morgan fingerprint density at radius 3 is 2.25 bits per heavy atom. The van der Waals surface area contributed by atoms with Gasteiger partial charge in [0.05, 0.1) is 12.0 Å². The predicted octanol–water partition coefficient (Wildman–Crippen LogP) is 4.22. The minimum atomic E-state index is -3.67. The van der Waals surface area contributed by atoms with E-state index in [1.165, 1.54) is 17.7 Å². The van der Waals surface area contributed by atoms with Gasteiger partial charge in [-0.3, -0.25) is 0 Å². The highest BCUT2D eigenvalue weighted by atomic mass is 35.5. The molecule has 8 heteroatoms. The molecule has 3 aromatic rings. The molecule has 0 bridgehead atoms. The molecule has 0 unspecified atom stereocenters. The predicted molar refractivity (Wildman–Crippen MR) is 127 cm³/mol. The van der Waals surface area contributed by atoms with Crippen LogP contribution in [0, 0.1) is 6.92 Å². The summed E-state index contributed by atoms with van der Waals surface area (Å²) in [5.41, 5.74) is 4.17. The SMILES string of the molecule is COc1cc(CNCCc2ccc(S(N)(=O)=O)cc2)c(Cl)cc1OCc1ccc(C)cc1. The zero-order valence-electron chi connectivity index (χ0n) is 18.1. The standard InChI is InChI=1S/C24H27ClN2O4S/c1-17-3-5-19(6-4-17)16-31-24-14-22(25)20(13-23(24)30-2)15-27-12-11-18-7-9-21(10-8-18)32(26,28)29/h3-10,13-14,27H,11-12,15-16H2,1-2H3,(H2,26,28,29). The van der Waals surface area contributed by atoms with Crippen molar-refractivity contribution < 1.29 is 17.9 Å². The Morgan fingerprint density at radius 1 is 0.969 bits per heavy atom. The van der Waals surface area contributed by atoms with Crippen molar-refractivity contribution in [2.45, 2.75) is 31.4 Å². The normalized spacial score (nSPS) is 11.4. The molecule has 0 fully saturated rings. The Kier molecular flexibility index (Phi) is 8.15. The first-order valence-electron chi connectivity index (χ1n) is 10.1. The molecule has 3 aromatic carbocycles. The smallest absolute Gasteiger partial charge is 0.238 e. The molecule has 0 amide bonds. The Bertz CT molecular complexity index is 1150. The summed E-state index contributed by atoms with van der Waals surface area (Å²) in [5, 5.41) is 9.06. The van der Waals surface area contributed by atoms with E-state index in [1.807, 2.05) is 37.3 Å². The molecule has 3 rings (SSSR count). The fourth-order valence-corrected chi connectivity index (χ4v) is 3.87. The van der Waals surface area contributed by atoms with Crippen molar-refractivity contribution in [2.75, 3.05) is 13.7 Å². The lowest BCUT2D eigenvalue weighted by Gasteiger charge is -2.14. The van der Waals surface area contributed by atoms with E-state index < -0.39 is 10.0 Å². The summed E-state index contributed by atoms with van der Waals surface area (Å²) >= 11 is 6.47. The molecule has 0 heterocycles. The third-order valence-electron chi connectivity index (χ3n) is 5.01. The van der Waals surface area contributed by atoms with Crippen LogP contribution in [0.3, 0.4) is 0 Å². The van der Waals surface area contributed by atoms with E-state index in [4.69, 9.17) is 26.2 Å². The summed E-state index contributed by atoms with van der Waals surface area (Å²) in [6, 6.07) is 18.4. The molecule has 32 heavy (non-hydrogen) atoms. The number of hydrogen-bond acceptors (Lipinski definition) is 5. The van der Waals surface area contributed by atoms with Crippen LogP contribution >= 0.6 is 11.6 Å². The first kappa shape index (κ1) is 24.1. The lowest BCUT2D eigenvalue weighted by molar-refractivity contribution is 0.284. The lowest BCUT2D eigenvalue weighted by Crippen LogP contribution is -2.17. The topological polar surface area (TPSA) is 90.6 Å². The van der Waals surface area contributed by atoms with Gasteiger partial charge in [-0.05, 0) is 54.8 Å². The zero-order valence-corrected chi connectivity index (χ0v) is 19.7. The third kappa shape index (κ3) is 6.71. The van der Waals surface area contributed by atoms with E-state index in [0.717, 1.165) is 23.1 Å². The fourth-order valence-electron chi connectivity index (χ4n) is 3.13. The summed E-state index contributed by atoms with van der Waals surface area (Å²) < 4.78 is 34.1. The van der Waals surface area contributed by atoms with Gasteiger partial charge in [0.15, 0.2) is 11.5 Å². The highest BCUT2D eigenvalue weighted by molar-refractivity contribution is 7.89. The number of nitrogens with one attached hydrogen (secondary N) is 1. The van der Waals surface area contributed by atoms with Crippen LogP contribution in [0.4, 0.5) is 0 Å². The third-order valence-corrected chi connectivity index (χ3v) is 6.29. The number of rotatable bonds is 10. The minimum absolute atomic E-state index is 0.109. The van der Waals surface area contributed by atoms with Gasteiger partial charge in [-0.25, -0.2) is 13.6 Å². The molecular weight excluding hydrogens is 448 g/mol. The van der Waals surface area contributed by atoms with E-state index >= 15 is 0 Å². The van der Waals surface area contributed by atoms with Crippen molar-refractivity contribution in [1.82, 2.24) is 5.32 Å². The summed E-state index contributed by atoms with van der Waals surface area (Å²) in [7, 11) is -2.07. The van der Waals surface area contributed by atoms with Gasteiger partial charge in [-0.15, -0.1) is 0 Å². The van der Waals surface area contributed by atoms with Crippen molar-refractivity contribution in [1.29, 1.82) is 0 Å². The lowest BCUT2D eigenvalue weighted by atomic mass is 10.1. The molecule has 0 saturated heterocycles. The number of halogens is 1. The Labute approximate surface area is 194 Å². The maximum Gasteiger partial charge on any atom is 0.238 e. The zero-order chi connectivity index (χ0) is 23.1. The number of nitrogens with two attached hydrogens (primary N) is 1. The van der Waals surface area contributed by atoms with E-state index in [2.05, 4.69) is 5.32 Å². The van der Waals surface area contributed by atoms with E-state index in [-0.39, 0.29) is 4.90 Å². The van der Waals surface area contributed by atoms with Gasteiger partial charge < -0.3 is 14.8 Å². The Morgan fingerprint density at radius 2 is 1.62 bits per heavy atom. The summed E-state index contributed by atoms with van der Waals surface area (Å²) in [4.78, 5) is 0.109. The average Bonchev–Trinajstić information content (AvgIpc) is 2.77. The summed E-state index contributed by atoms with van der Waals surface area (Å²) in [5.74, 6) is 1.22. The highest BCUT2D eigenvalue weighted by Gasteiger charge is 2.11. The van der Waals surface area contributed by atoms with E-state index in [9.17, 15) is 8.42 Å². The van der Waals surface area contributed by atoms with Crippen LogP contribution in [0.2, 0.25) is 5.02 Å². The number of hydrogen-bond donors (Lipinski definition) is 2. The first-order chi connectivity index (χ1) is 15.3. The molecule has 0 saturated carbocycles. The molecule has 0 aliphatic heterocycles. The highest BCUT2D eigenvalue weighted by Crippen LogP contribution is 2.34. The number of primary sulfonamides is 1. The molecule has 0 radical (unpaired) electrons. The number of ether oxygens (including phenoxy) is 2. The van der Waals surface area contributed by atoms with Gasteiger partial charge >= 0.3 is 0 Å². The first-order valence-corrected chi connectivity index (χ1v) is 12.1. The summed E-state index contributed by atoms with van der Waals surface area (Å²) in [6.07, 6.45) is 0.734. The van der Waals surface area contributed by atoms with Crippen LogP contribution in [0.1, 0.15) is 22.3 Å². The second kappa shape index (κ2) is 10.8. The molecule has 0 aromatic heterocycles. The molecule has 170 valence electrons. The Balaban J connectivity index is 1.55. The maximum atomic E-state index is 11.3. The minimum Gasteiger partial charge on any atom is -0.493 e. The molecular formula is C24H27ClN2O4S. The van der Waals surface area contributed by atoms with Crippen LogP contribution in [0.25, 0.3) is 0 Å². The van der Waals surface area contributed by atoms with Crippen molar-refractivity contribution in [3.8, 4) is 11.5 Å². The summed E-state index contributed by atoms with van der Waals surface area (Å²) in [6.45, 7) is 3.72. The molecule has 0 aliphatic rings. The monoisotopic (exact) mass is 474 g/mol. The van der Waals surface area contributed by atoms with Crippen molar-refractivity contribution in [3.63, 3.8) is 0 Å². The molecule has 6 nitrogen and oxygen atoms in total. The number of benzene rings is 3. The van der Waals surface area contributed by atoms with Crippen molar-refractivity contribution in [2.24, 2.45) is 5.14 Å². The van der Waals surface area contributed by atoms with E-state index in [0.29, 0.717) is 36.2 Å². The second-order valence-corrected chi connectivity index (χ2v) is 9.45. The van der Waals surface area contributed by atoms with Gasteiger partial charge in [-0.2, -0.15) is 0 Å². The van der Waals surface area contributed by atoms with Crippen LogP contribution in [0.5, 0.6) is 11.5 Å². The number of methoxy groups -OCH3 is 1. The van der Waals surface area contributed by atoms with Crippen LogP contribution in [-0.4, -0.2) is 22.1 Å². The fraction of sp³-hybridized carbons (Fsp3) is 0.250. The number of sulfonamides is 1. The van der Waals surface area contributed by atoms with Gasteiger partial charge in [0.2, 0.25) is 10.0 Å².